The molecule has 10 aromatic rings. The average molecular weight is 681 g/mol. The third-order valence-electron chi connectivity index (χ3n) is 11.0. The van der Waals surface area contributed by atoms with Gasteiger partial charge in [-0.2, -0.15) is 0 Å². The number of aromatic nitrogens is 4. The van der Waals surface area contributed by atoms with Gasteiger partial charge in [-0.15, -0.1) is 0 Å². The van der Waals surface area contributed by atoms with Gasteiger partial charge in [-0.25, -0.2) is 15.0 Å². The van der Waals surface area contributed by atoms with Crippen molar-refractivity contribution in [3.8, 4) is 51.0 Å². The van der Waals surface area contributed by atoms with E-state index < -0.39 is 0 Å². The summed E-state index contributed by atoms with van der Waals surface area (Å²) in [5.74, 6) is 1.94. The first kappa shape index (κ1) is 29.8. The molecular weight excluding hydrogens is 649 g/mol. The molecule has 53 heavy (non-hydrogen) atoms. The normalized spacial score (nSPS) is 13.2. The SMILES string of the molecule is CC1(C)c2cc3oc4ccccc4c3cc2-c2ccc3c4ccccc4n(-c4ccc(-c5nc(-c6ccccc6)nc(-c6ccccc6)n5)cc4)c3c21. The van der Waals surface area contributed by atoms with Crippen molar-refractivity contribution in [1.29, 1.82) is 0 Å². The Bertz CT molecular complexity index is 3010. The lowest BCUT2D eigenvalue weighted by atomic mass is 9.81. The van der Waals surface area contributed by atoms with Crippen LogP contribution < -0.4 is 0 Å². The average Bonchev–Trinajstić information content (AvgIpc) is 3.82. The van der Waals surface area contributed by atoms with Gasteiger partial charge in [0.05, 0.1) is 11.0 Å². The molecule has 0 amide bonds. The molecule has 5 nitrogen and oxygen atoms in total. The molecule has 5 heteroatoms. The Labute approximate surface area is 305 Å². The molecule has 0 radical (unpaired) electrons. The Balaban J connectivity index is 1.10. The summed E-state index contributed by atoms with van der Waals surface area (Å²) in [4.78, 5) is 14.9. The number of benzene rings is 7. The van der Waals surface area contributed by atoms with E-state index in [-0.39, 0.29) is 5.41 Å². The fourth-order valence-corrected chi connectivity index (χ4v) is 8.53. The monoisotopic (exact) mass is 680 g/mol. The van der Waals surface area contributed by atoms with E-state index in [0.717, 1.165) is 44.3 Å². The molecule has 0 aliphatic heterocycles. The van der Waals surface area contributed by atoms with Crippen LogP contribution in [0.1, 0.15) is 25.0 Å². The Morgan fingerprint density at radius 3 is 1.74 bits per heavy atom. The number of fused-ring (bicyclic) bond motifs is 10. The van der Waals surface area contributed by atoms with Crippen molar-refractivity contribution in [1.82, 2.24) is 19.5 Å². The first-order valence-corrected chi connectivity index (χ1v) is 18.0. The van der Waals surface area contributed by atoms with Crippen LogP contribution >= 0.6 is 0 Å². The maximum Gasteiger partial charge on any atom is 0.164 e. The molecule has 0 fully saturated rings. The topological polar surface area (TPSA) is 56.7 Å². The second kappa shape index (κ2) is 11.1. The minimum atomic E-state index is -0.268. The predicted molar refractivity (Wildman–Crippen MR) is 215 cm³/mol. The van der Waals surface area contributed by atoms with Gasteiger partial charge in [0, 0.05) is 49.3 Å². The maximum atomic E-state index is 6.39. The Morgan fingerprint density at radius 1 is 0.472 bits per heavy atom. The molecule has 0 bridgehead atoms. The molecular formula is C48H32N4O. The molecule has 0 atom stereocenters. The third-order valence-corrected chi connectivity index (χ3v) is 11.0. The first-order valence-electron chi connectivity index (χ1n) is 18.0. The zero-order valence-electron chi connectivity index (χ0n) is 29.2. The maximum absolute atomic E-state index is 6.39. The molecule has 3 aromatic heterocycles. The summed E-state index contributed by atoms with van der Waals surface area (Å²) < 4.78 is 8.83. The summed E-state index contributed by atoms with van der Waals surface area (Å²) in [6, 6.07) is 55.2. The molecule has 250 valence electrons. The number of nitrogens with zero attached hydrogens (tertiary/aromatic N) is 4. The lowest BCUT2D eigenvalue weighted by molar-refractivity contribution is 0.649. The van der Waals surface area contributed by atoms with Crippen LogP contribution in [0.15, 0.2) is 162 Å². The molecule has 0 unspecified atom stereocenters. The number of rotatable bonds is 4. The van der Waals surface area contributed by atoms with Crippen molar-refractivity contribution in [3.05, 3.63) is 169 Å². The highest BCUT2D eigenvalue weighted by atomic mass is 16.3. The molecule has 3 heterocycles. The second-order valence-corrected chi connectivity index (χ2v) is 14.4. The smallest absolute Gasteiger partial charge is 0.164 e. The zero-order chi connectivity index (χ0) is 35.3. The Kier molecular flexibility index (Phi) is 6.23. The van der Waals surface area contributed by atoms with E-state index in [1.54, 1.807) is 0 Å². The largest absolute Gasteiger partial charge is 0.456 e. The molecule has 0 N–H and O–H groups in total. The van der Waals surface area contributed by atoms with Crippen molar-refractivity contribution in [2.45, 2.75) is 19.3 Å². The lowest BCUT2D eigenvalue weighted by Gasteiger charge is -2.23. The Hall–Kier alpha value is -6.85. The van der Waals surface area contributed by atoms with E-state index in [2.05, 4.69) is 109 Å². The number of hydrogen-bond acceptors (Lipinski definition) is 4. The van der Waals surface area contributed by atoms with Gasteiger partial charge in [0.2, 0.25) is 0 Å². The van der Waals surface area contributed by atoms with Gasteiger partial charge in [0.1, 0.15) is 11.2 Å². The zero-order valence-corrected chi connectivity index (χ0v) is 29.2. The van der Waals surface area contributed by atoms with Crippen LogP contribution in [0, 0.1) is 0 Å². The molecule has 0 spiro atoms. The highest BCUT2D eigenvalue weighted by Gasteiger charge is 2.39. The molecule has 7 aromatic carbocycles. The van der Waals surface area contributed by atoms with Crippen molar-refractivity contribution in [2.75, 3.05) is 0 Å². The minimum Gasteiger partial charge on any atom is -0.456 e. The lowest BCUT2D eigenvalue weighted by Crippen LogP contribution is -2.16. The van der Waals surface area contributed by atoms with E-state index in [0.29, 0.717) is 17.5 Å². The van der Waals surface area contributed by atoms with Crippen LogP contribution in [0.3, 0.4) is 0 Å². The molecule has 1 aliphatic rings. The number of furan rings is 1. The van der Waals surface area contributed by atoms with Crippen LogP contribution in [-0.4, -0.2) is 19.5 Å². The van der Waals surface area contributed by atoms with Crippen LogP contribution in [0.5, 0.6) is 0 Å². The summed E-state index contributed by atoms with van der Waals surface area (Å²) in [6.45, 7) is 4.71. The first-order chi connectivity index (χ1) is 26.0. The van der Waals surface area contributed by atoms with Gasteiger partial charge in [0.25, 0.3) is 0 Å². The van der Waals surface area contributed by atoms with Crippen molar-refractivity contribution in [2.24, 2.45) is 0 Å². The van der Waals surface area contributed by atoms with Crippen LogP contribution in [0.4, 0.5) is 0 Å². The molecule has 0 saturated carbocycles. The minimum absolute atomic E-state index is 0.268. The molecule has 11 rings (SSSR count). The predicted octanol–water partition coefficient (Wildman–Crippen LogP) is 12.2. The molecule has 0 saturated heterocycles. The van der Waals surface area contributed by atoms with Crippen molar-refractivity contribution < 1.29 is 4.42 Å². The van der Waals surface area contributed by atoms with Gasteiger partial charge in [-0.1, -0.05) is 123 Å². The number of hydrogen-bond donors (Lipinski definition) is 0. The highest BCUT2D eigenvalue weighted by Crippen LogP contribution is 2.54. The second-order valence-electron chi connectivity index (χ2n) is 14.4. The van der Waals surface area contributed by atoms with E-state index in [1.807, 2.05) is 66.7 Å². The summed E-state index contributed by atoms with van der Waals surface area (Å²) in [7, 11) is 0. The van der Waals surface area contributed by atoms with Gasteiger partial charge >= 0.3 is 0 Å². The quantitative estimate of drug-likeness (QED) is 0.186. The van der Waals surface area contributed by atoms with E-state index in [1.165, 1.54) is 44.1 Å². The van der Waals surface area contributed by atoms with Gasteiger partial charge < -0.3 is 8.98 Å². The van der Waals surface area contributed by atoms with Crippen LogP contribution in [0.25, 0.3) is 94.7 Å². The third kappa shape index (κ3) is 4.40. The van der Waals surface area contributed by atoms with E-state index in [9.17, 15) is 0 Å². The highest BCUT2D eigenvalue weighted by molar-refractivity contribution is 6.14. The summed E-state index contributed by atoms with van der Waals surface area (Å²) in [5, 5.41) is 4.79. The Morgan fingerprint density at radius 2 is 1.06 bits per heavy atom. The van der Waals surface area contributed by atoms with E-state index >= 15 is 0 Å². The fraction of sp³-hybridized carbons (Fsp3) is 0.0625. The summed E-state index contributed by atoms with van der Waals surface area (Å²) in [5.41, 5.74) is 13.1. The van der Waals surface area contributed by atoms with Crippen LogP contribution in [0.2, 0.25) is 0 Å². The standard InChI is InChI=1S/C48H32N4O/c1-48(2)39-28-42-38(34-18-10-12-20-41(34)53-42)27-37(39)35-25-26-36-33-17-9-11-19-40(33)52(44(36)43(35)48)32-23-21-31(22-24-32)47-50-45(29-13-5-3-6-14-29)49-46(51-47)30-15-7-4-8-16-30/h3-28H,1-2H3. The van der Waals surface area contributed by atoms with E-state index in [4.69, 9.17) is 19.4 Å². The molecule has 1 aliphatic carbocycles. The number of para-hydroxylation sites is 2. The van der Waals surface area contributed by atoms with Gasteiger partial charge in [-0.05, 0) is 70.8 Å². The fourth-order valence-electron chi connectivity index (χ4n) is 8.53. The van der Waals surface area contributed by atoms with Gasteiger partial charge in [0.15, 0.2) is 17.5 Å². The van der Waals surface area contributed by atoms with Crippen LogP contribution in [-0.2, 0) is 5.41 Å². The van der Waals surface area contributed by atoms with Gasteiger partial charge in [-0.3, -0.25) is 0 Å². The van der Waals surface area contributed by atoms with Crippen molar-refractivity contribution in [3.63, 3.8) is 0 Å². The summed E-state index contributed by atoms with van der Waals surface area (Å²) >= 11 is 0. The van der Waals surface area contributed by atoms with Crippen molar-refractivity contribution >= 4 is 43.7 Å². The summed E-state index contributed by atoms with van der Waals surface area (Å²) in [6.07, 6.45) is 0.